The van der Waals surface area contributed by atoms with E-state index in [0.29, 0.717) is 22.5 Å². The lowest BCUT2D eigenvalue weighted by atomic mass is 10.0. The molecule has 0 bridgehead atoms. The van der Waals surface area contributed by atoms with Crippen molar-refractivity contribution >= 4 is 28.9 Å². The Morgan fingerprint density at radius 1 is 1.28 bits per heavy atom. The third-order valence-electron chi connectivity index (χ3n) is 3.24. The van der Waals surface area contributed by atoms with Crippen LogP contribution in [0.2, 0.25) is 10.0 Å². The second kappa shape index (κ2) is 4.89. The molecule has 1 aromatic rings. The van der Waals surface area contributed by atoms with Crippen molar-refractivity contribution in [3.05, 3.63) is 27.7 Å². The summed E-state index contributed by atoms with van der Waals surface area (Å²) >= 11 is 12.1. The fraction of sp³-hybridized carbons (Fsp3) is 0.538. The lowest BCUT2D eigenvalue weighted by Gasteiger charge is -2.29. The van der Waals surface area contributed by atoms with Crippen LogP contribution in [0.25, 0.3) is 0 Å². The Balaban J connectivity index is 2.20. The minimum atomic E-state index is -0.000162. The molecule has 0 aromatic heterocycles. The van der Waals surface area contributed by atoms with Crippen molar-refractivity contribution < 1.29 is 4.74 Å². The van der Waals surface area contributed by atoms with Gasteiger partial charge in [0.15, 0.2) is 0 Å². The summed E-state index contributed by atoms with van der Waals surface area (Å²) in [6.45, 7) is 7.96. The van der Waals surface area contributed by atoms with Crippen molar-refractivity contribution in [2.24, 2.45) is 0 Å². The van der Waals surface area contributed by atoms with E-state index in [0.717, 1.165) is 12.1 Å². The van der Waals surface area contributed by atoms with Crippen molar-refractivity contribution in [2.75, 3.05) is 19.0 Å². The van der Waals surface area contributed by atoms with Gasteiger partial charge in [0.2, 0.25) is 0 Å². The molecule has 1 aliphatic heterocycles. The van der Waals surface area contributed by atoms with Crippen LogP contribution in [0.5, 0.6) is 0 Å². The molecule has 2 rings (SSSR count). The molecule has 1 saturated heterocycles. The van der Waals surface area contributed by atoms with Crippen LogP contribution < -0.4 is 5.73 Å². The lowest BCUT2D eigenvalue weighted by molar-refractivity contribution is 0.0607. The van der Waals surface area contributed by atoms with E-state index in [1.807, 2.05) is 12.1 Å². The Hall–Kier alpha value is -0.480. The third kappa shape index (κ3) is 2.75. The summed E-state index contributed by atoms with van der Waals surface area (Å²) in [7, 11) is 0. The van der Waals surface area contributed by atoms with Crippen LogP contribution in [0, 0.1) is 0 Å². The molecule has 2 N–H and O–H groups in total. The highest BCUT2D eigenvalue weighted by atomic mass is 35.5. The number of hydrogen-bond acceptors (Lipinski definition) is 3. The summed E-state index contributed by atoms with van der Waals surface area (Å²) in [6.07, 6.45) is -0.000162. The first-order valence-electron chi connectivity index (χ1n) is 5.90. The maximum atomic E-state index is 6.05. The van der Waals surface area contributed by atoms with E-state index < -0.39 is 0 Å². The fourth-order valence-corrected chi connectivity index (χ4v) is 2.45. The van der Waals surface area contributed by atoms with Gasteiger partial charge in [-0.2, -0.15) is 0 Å². The van der Waals surface area contributed by atoms with Gasteiger partial charge in [0.25, 0.3) is 0 Å². The van der Waals surface area contributed by atoms with Crippen molar-refractivity contribution in [2.45, 2.75) is 32.4 Å². The number of halogens is 2. The van der Waals surface area contributed by atoms with E-state index in [2.05, 4.69) is 25.7 Å². The summed E-state index contributed by atoms with van der Waals surface area (Å²) in [4.78, 5) is 2.27. The number of nitrogens with two attached hydrogens (primary N) is 1. The number of nitrogens with zero attached hydrogens (tertiary/aromatic N) is 1. The molecule has 1 aliphatic rings. The number of nitrogen functional groups attached to an aromatic ring is 1. The number of anilines is 1. The summed E-state index contributed by atoms with van der Waals surface area (Å²) in [5, 5.41) is 0.964. The van der Waals surface area contributed by atoms with Crippen LogP contribution in [-0.2, 0) is 4.74 Å². The highest BCUT2D eigenvalue weighted by Gasteiger charge is 2.32. The molecule has 1 atom stereocenters. The van der Waals surface area contributed by atoms with Crippen molar-refractivity contribution in [1.82, 2.24) is 4.90 Å². The second-order valence-electron chi connectivity index (χ2n) is 5.58. The van der Waals surface area contributed by atoms with Gasteiger partial charge in [-0.1, -0.05) is 23.2 Å². The van der Waals surface area contributed by atoms with E-state index in [4.69, 9.17) is 33.7 Å². The molecule has 0 unspecified atom stereocenters. The maximum absolute atomic E-state index is 6.05. The highest BCUT2D eigenvalue weighted by molar-refractivity contribution is 6.38. The zero-order chi connectivity index (χ0) is 13.5. The lowest BCUT2D eigenvalue weighted by Crippen LogP contribution is -2.39. The van der Waals surface area contributed by atoms with Gasteiger partial charge in [-0.15, -0.1) is 0 Å². The molecule has 0 spiro atoms. The fourth-order valence-electron chi connectivity index (χ4n) is 1.94. The minimum absolute atomic E-state index is 0.000162. The molecule has 3 nitrogen and oxygen atoms in total. The Kier molecular flexibility index (Phi) is 3.79. The Bertz CT molecular complexity index is 434. The zero-order valence-corrected chi connectivity index (χ0v) is 12.3. The van der Waals surface area contributed by atoms with Gasteiger partial charge in [0.05, 0.1) is 21.8 Å². The third-order valence-corrected chi connectivity index (χ3v) is 3.87. The van der Waals surface area contributed by atoms with Crippen molar-refractivity contribution in [3.8, 4) is 0 Å². The van der Waals surface area contributed by atoms with Gasteiger partial charge in [-0.05, 0) is 38.5 Å². The topological polar surface area (TPSA) is 38.5 Å². The molecule has 100 valence electrons. The van der Waals surface area contributed by atoms with Crippen LogP contribution in [-0.4, -0.2) is 23.7 Å². The summed E-state index contributed by atoms with van der Waals surface area (Å²) in [5.74, 6) is 0. The van der Waals surface area contributed by atoms with Gasteiger partial charge in [-0.3, -0.25) is 4.90 Å². The average molecular weight is 289 g/mol. The molecular formula is C13H18Cl2N2O. The van der Waals surface area contributed by atoms with Crippen LogP contribution in [0.1, 0.15) is 32.4 Å². The maximum Gasteiger partial charge on any atom is 0.100 e. The van der Waals surface area contributed by atoms with Crippen LogP contribution in [0.15, 0.2) is 12.1 Å². The Labute approximate surface area is 118 Å². The molecule has 1 fully saturated rings. The summed E-state index contributed by atoms with van der Waals surface area (Å²) < 4.78 is 5.80. The number of hydrogen-bond donors (Lipinski definition) is 1. The minimum Gasteiger partial charge on any atom is -0.396 e. The van der Waals surface area contributed by atoms with Gasteiger partial charge in [0.1, 0.15) is 6.73 Å². The quantitative estimate of drug-likeness (QED) is 0.801. The normalized spacial score (nSPS) is 21.5. The standard InChI is InChI=1S/C13H18Cl2N2O/c1-13(2,3)17-6-11(18-7-17)8-4-9(14)12(16)10(15)5-8/h4-5,11H,6-7,16H2,1-3H3/t11-/m0/s1. The molecule has 1 aromatic carbocycles. The molecule has 0 aliphatic carbocycles. The molecule has 0 radical (unpaired) electrons. The van der Waals surface area contributed by atoms with E-state index in [9.17, 15) is 0 Å². The Morgan fingerprint density at radius 3 is 2.28 bits per heavy atom. The molecular weight excluding hydrogens is 271 g/mol. The van der Waals surface area contributed by atoms with E-state index in [1.54, 1.807) is 0 Å². The molecule has 1 heterocycles. The van der Waals surface area contributed by atoms with Crippen LogP contribution in [0.3, 0.4) is 0 Å². The number of benzene rings is 1. The van der Waals surface area contributed by atoms with Gasteiger partial charge >= 0.3 is 0 Å². The molecule has 5 heteroatoms. The largest absolute Gasteiger partial charge is 0.396 e. The summed E-state index contributed by atoms with van der Waals surface area (Å²) in [5.41, 5.74) is 7.23. The monoisotopic (exact) mass is 288 g/mol. The first-order valence-corrected chi connectivity index (χ1v) is 6.65. The SMILES string of the molecule is CC(C)(C)N1CO[C@H](c2cc(Cl)c(N)c(Cl)c2)C1. The van der Waals surface area contributed by atoms with E-state index >= 15 is 0 Å². The van der Waals surface area contributed by atoms with Gasteiger partial charge < -0.3 is 10.5 Å². The second-order valence-corrected chi connectivity index (χ2v) is 6.39. The number of rotatable bonds is 1. The van der Waals surface area contributed by atoms with Crippen LogP contribution in [0.4, 0.5) is 5.69 Å². The van der Waals surface area contributed by atoms with Crippen molar-refractivity contribution in [1.29, 1.82) is 0 Å². The highest BCUT2D eigenvalue weighted by Crippen LogP contribution is 2.35. The van der Waals surface area contributed by atoms with Gasteiger partial charge in [-0.25, -0.2) is 0 Å². The molecule has 0 saturated carbocycles. The average Bonchev–Trinajstić information content (AvgIpc) is 2.73. The van der Waals surface area contributed by atoms with Gasteiger partial charge in [0, 0.05) is 12.1 Å². The predicted octanol–water partition coefficient (Wildman–Crippen LogP) is 3.70. The first-order chi connectivity index (χ1) is 8.29. The predicted molar refractivity (Wildman–Crippen MR) is 76.0 cm³/mol. The molecule has 18 heavy (non-hydrogen) atoms. The van der Waals surface area contributed by atoms with Crippen LogP contribution >= 0.6 is 23.2 Å². The van der Waals surface area contributed by atoms with E-state index in [-0.39, 0.29) is 11.6 Å². The number of ether oxygens (including phenoxy) is 1. The smallest absolute Gasteiger partial charge is 0.100 e. The Morgan fingerprint density at radius 2 is 1.83 bits per heavy atom. The first kappa shape index (κ1) is 13.9. The van der Waals surface area contributed by atoms with Crippen molar-refractivity contribution in [3.63, 3.8) is 0 Å². The van der Waals surface area contributed by atoms with E-state index in [1.165, 1.54) is 0 Å². The zero-order valence-electron chi connectivity index (χ0n) is 10.8. The molecule has 0 amide bonds. The summed E-state index contributed by atoms with van der Waals surface area (Å²) in [6, 6.07) is 3.67.